The Kier molecular flexibility index (Phi) is 16.0. The van der Waals surface area contributed by atoms with Gasteiger partial charge in [-0.15, -0.1) is 0 Å². The third-order valence-electron chi connectivity index (χ3n) is 7.95. The van der Waals surface area contributed by atoms with Crippen LogP contribution in [-0.2, 0) is 25.5 Å². The summed E-state index contributed by atoms with van der Waals surface area (Å²) >= 11 is 6.06. The van der Waals surface area contributed by atoms with Crippen LogP contribution in [-0.4, -0.2) is 48.6 Å². The number of hydrogen-bond donors (Lipinski definition) is 2. The molecular formula is C36H52ClNO7. The monoisotopic (exact) mass is 645 g/mol. The Morgan fingerprint density at radius 1 is 0.822 bits per heavy atom. The molecule has 2 aromatic rings. The van der Waals surface area contributed by atoms with E-state index in [2.05, 4.69) is 19.2 Å². The SMILES string of the molecule is CCCCCCCCOC(=O)C1(C(=O)OCCCCCCCC)Oc2ccc(CC(C)NCC(O)c3cccc(Cl)c3)cc2O1. The van der Waals surface area contributed by atoms with Gasteiger partial charge >= 0.3 is 17.7 Å². The van der Waals surface area contributed by atoms with Gasteiger partial charge in [0.15, 0.2) is 11.5 Å². The summed E-state index contributed by atoms with van der Waals surface area (Å²) in [5, 5.41) is 14.5. The van der Waals surface area contributed by atoms with E-state index in [4.69, 9.17) is 30.5 Å². The van der Waals surface area contributed by atoms with Crippen LogP contribution in [0.2, 0.25) is 5.02 Å². The number of rotatable bonds is 22. The molecule has 0 bridgehead atoms. The van der Waals surface area contributed by atoms with E-state index in [-0.39, 0.29) is 30.8 Å². The van der Waals surface area contributed by atoms with Gasteiger partial charge in [-0.3, -0.25) is 0 Å². The lowest BCUT2D eigenvalue weighted by Crippen LogP contribution is -2.56. The first kappa shape index (κ1) is 36.7. The van der Waals surface area contributed by atoms with Crippen LogP contribution in [0.1, 0.15) is 115 Å². The number of ether oxygens (including phenoxy) is 4. The van der Waals surface area contributed by atoms with Gasteiger partial charge in [-0.25, -0.2) is 9.59 Å². The Morgan fingerprint density at radius 2 is 1.40 bits per heavy atom. The van der Waals surface area contributed by atoms with Crippen molar-refractivity contribution < 1.29 is 33.6 Å². The molecule has 0 aliphatic carbocycles. The zero-order valence-electron chi connectivity index (χ0n) is 27.3. The van der Waals surface area contributed by atoms with Crippen LogP contribution in [0.4, 0.5) is 0 Å². The first-order valence-electron chi connectivity index (χ1n) is 16.8. The molecule has 0 fully saturated rings. The molecule has 2 N–H and O–H groups in total. The molecule has 1 aliphatic heterocycles. The summed E-state index contributed by atoms with van der Waals surface area (Å²) in [6, 6.07) is 12.5. The molecule has 1 aliphatic rings. The number of esters is 2. The molecule has 9 heteroatoms. The fourth-order valence-corrected chi connectivity index (χ4v) is 5.48. The van der Waals surface area contributed by atoms with E-state index in [0.29, 0.717) is 30.8 Å². The zero-order chi connectivity index (χ0) is 32.5. The molecule has 8 nitrogen and oxygen atoms in total. The van der Waals surface area contributed by atoms with E-state index < -0.39 is 23.8 Å². The van der Waals surface area contributed by atoms with Gasteiger partial charge in [0.1, 0.15) is 0 Å². The van der Waals surface area contributed by atoms with Gasteiger partial charge in [-0.1, -0.05) is 108 Å². The van der Waals surface area contributed by atoms with E-state index in [1.165, 1.54) is 12.8 Å². The van der Waals surface area contributed by atoms with Crippen LogP contribution in [0.3, 0.4) is 0 Å². The first-order valence-corrected chi connectivity index (χ1v) is 17.2. The molecule has 1 heterocycles. The maximum Gasteiger partial charge on any atom is 0.453 e. The van der Waals surface area contributed by atoms with Crippen LogP contribution in [0.25, 0.3) is 0 Å². The number of carbonyl (C=O) groups excluding carboxylic acids is 2. The Morgan fingerprint density at radius 3 is 2.00 bits per heavy atom. The highest BCUT2D eigenvalue weighted by Gasteiger charge is 2.59. The smallest absolute Gasteiger partial charge is 0.453 e. The Labute approximate surface area is 274 Å². The number of aliphatic hydroxyl groups excluding tert-OH is 1. The highest BCUT2D eigenvalue weighted by molar-refractivity contribution is 6.30. The summed E-state index contributed by atoms with van der Waals surface area (Å²) in [6.45, 7) is 7.05. The molecular weight excluding hydrogens is 594 g/mol. The standard InChI is InChI=1S/C36H52ClNO7/c1-4-6-8-10-12-14-21-42-34(40)36(35(41)43-22-15-13-11-9-7-5-2)44-32-20-19-28(24-33(32)45-36)23-27(3)38-26-31(39)29-17-16-18-30(37)25-29/h16-20,24-25,27,31,38-39H,4-15,21-23,26H2,1-3H3. The minimum Gasteiger partial charge on any atom is -0.459 e. The Balaban J connectivity index is 1.60. The summed E-state index contributed by atoms with van der Waals surface area (Å²) in [6.07, 6.45) is 12.4. The van der Waals surface area contributed by atoms with Crippen LogP contribution in [0.15, 0.2) is 42.5 Å². The highest BCUT2D eigenvalue weighted by atomic mass is 35.5. The predicted molar refractivity (Wildman–Crippen MR) is 177 cm³/mol. The molecule has 3 rings (SSSR count). The molecule has 0 radical (unpaired) electrons. The van der Waals surface area contributed by atoms with Crippen molar-refractivity contribution in [2.24, 2.45) is 0 Å². The summed E-state index contributed by atoms with van der Waals surface area (Å²) in [7, 11) is 0. The molecule has 0 spiro atoms. The Hall–Kier alpha value is -2.81. The fraction of sp³-hybridized carbons (Fsp3) is 0.611. The summed E-state index contributed by atoms with van der Waals surface area (Å²) < 4.78 is 22.9. The lowest BCUT2D eigenvalue weighted by molar-refractivity contribution is -0.202. The molecule has 2 atom stereocenters. The second-order valence-electron chi connectivity index (χ2n) is 12.0. The topological polar surface area (TPSA) is 103 Å². The average molecular weight is 646 g/mol. The fourth-order valence-electron chi connectivity index (χ4n) is 5.28. The third kappa shape index (κ3) is 11.8. The van der Waals surface area contributed by atoms with Crippen LogP contribution < -0.4 is 14.8 Å². The normalized spacial score (nSPS) is 14.6. The van der Waals surface area contributed by atoms with Gasteiger partial charge in [-0.2, -0.15) is 0 Å². The van der Waals surface area contributed by atoms with Crippen molar-refractivity contribution in [1.82, 2.24) is 5.32 Å². The minimum absolute atomic E-state index is 0.00791. The number of hydrogen-bond acceptors (Lipinski definition) is 8. The van der Waals surface area contributed by atoms with Crippen molar-refractivity contribution >= 4 is 23.5 Å². The van der Waals surface area contributed by atoms with E-state index in [1.54, 1.807) is 24.3 Å². The third-order valence-corrected chi connectivity index (χ3v) is 8.19. The average Bonchev–Trinajstić information content (AvgIpc) is 3.43. The number of aliphatic hydroxyl groups is 1. The van der Waals surface area contributed by atoms with Gasteiger partial charge in [0.05, 0.1) is 19.3 Å². The summed E-state index contributed by atoms with van der Waals surface area (Å²) in [5.74, 6) is -3.55. The number of halogens is 1. The van der Waals surface area contributed by atoms with Crippen LogP contribution in [0, 0.1) is 0 Å². The van der Waals surface area contributed by atoms with E-state index >= 15 is 0 Å². The van der Waals surface area contributed by atoms with Crippen molar-refractivity contribution in [2.75, 3.05) is 19.8 Å². The first-order chi connectivity index (χ1) is 21.8. The molecule has 0 saturated carbocycles. The number of fused-ring (bicyclic) bond motifs is 1. The van der Waals surface area contributed by atoms with E-state index in [9.17, 15) is 14.7 Å². The molecule has 250 valence electrons. The van der Waals surface area contributed by atoms with Crippen molar-refractivity contribution in [3.8, 4) is 11.5 Å². The summed E-state index contributed by atoms with van der Waals surface area (Å²) in [5.41, 5.74) is 1.65. The molecule has 2 unspecified atom stereocenters. The number of unbranched alkanes of at least 4 members (excludes halogenated alkanes) is 10. The zero-order valence-corrected chi connectivity index (χ0v) is 28.0. The maximum atomic E-state index is 13.4. The van der Waals surface area contributed by atoms with Crippen molar-refractivity contribution in [3.05, 3.63) is 58.6 Å². The molecule has 0 saturated heterocycles. The van der Waals surface area contributed by atoms with Gasteiger partial charge in [-0.05, 0) is 61.6 Å². The quantitative estimate of drug-likeness (QED) is 0.0758. The highest BCUT2D eigenvalue weighted by Crippen LogP contribution is 2.41. The van der Waals surface area contributed by atoms with Gasteiger partial charge in [0, 0.05) is 17.6 Å². The molecule has 0 amide bonds. The van der Waals surface area contributed by atoms with Crippen molar-refractivity contribution in [3.63, 3.8) is 0 Å². The van der Waals surface area contributed by atoms with Crippen molar-refractivity contribution in [1.29, 1.82) is 0 Å². The second kappa shape index (κ2) is 19.6. The number of benzene rings is 2. The van der Waals surface area contributed by atoms with Crippen LogP contribution in [0.5, 0.6) is 11.5 Å². The maximum absolute atomic E-state index is 13.4. The largest absolute Gasteiger partial charge is 0.459 e. The summed E-state index contributed by atoms with van der Waals surface area (Å²) in [4.78, 5) is 26.7. The molecule has 2 aromatic carbocycles. The van der Waals surface area contributed by atoms with E-state index in [1.807, 2.05) is 25.1 Å². The molecule has 45 heavy (non-hydrogen) atoms. The van der Waals surface area contributed by atoms with Crippen molar-refractivity contribution in [2.45, 2.75) is 122 Å². The minimum atomic E-state index is -2.32. The van der Waals surface area contributed by atoms with Gasteiger partial charge in [0.25, 0.3) is 0 Å². The number of carbonyl (C=O) groups is 2. The van der Waals surface area contributed by atoms with Crippen LogP contribution >= 0.6 is 11.6 Å². The number of nitrogens with one attached hydrogen (secondary N) is 1. The van der Waals surface area contributed by atoms with Gasteiger partial charge < -0.3 is 29.4 Å². The lowest BCUT2D eigenvalue weighted by Gasteiger charge is -2.23. The molecule has 0 aromatic heterocycles. The van der Waals surface area contributed by atoms with E-state index in [0.717, 1.165) is 62.5 Å². The lowest BCUT2D eigenvalue weighted by atomic mass is 10.1. The predicted octanol–water partition coefficient (Wildman–Crippen LogP) is 7.87. The van der Waals surface area contributed by atoms with Gasteiger partial charge in [0.2, 0.25) is 0 Å². The second-order valence-corrected chi connectivity index (χ2v) is 12.4. The Bertz CT molecular complexity index is 1160.